The Bertz CT molecular complexity index is 2140. The molecule has 0 unspecified atom stereocenters. The summed E-state index contributed by atoms with van der Waals surface area (Å²) in [5.74, 6) is 1.03. The van der Waals surface area contributed by atoms with Crippen LogP contribution in [0.25, 0.3) is 21.5 Å². The first-order valence-electron chi connectivity index (χ1n) is 17.7. The van der Waals surface area contributed by atoms with Crippen molar-refractivity contribution >= 4 is 50.4 Å². The van der Waals surface area contributed by atoms with Crippen LogP contribution in [0.5, 0.6) is 0 Å². The normalized spacial score (nSPS) is 21.2. The Morgan fingerprint density at radius 3 is 2.16 bits per heavy atom. The van der Waals surface area contributed by atoms with Crippen LogP contribution < -0.4 is 10.2 Å². The predicted molar refractivity (Wildman–Crippen MR) is 214 cm³/mol. The molecule has 252 valence electrons. The first-order valence-corrected chi connectivity index (χ1v) is 18.7. The first kappa shape index (κ1) is 33.6. The molecule has 0 aromatic heterocycles. The fraction of sp³-hybridized carbons (Fsp3) is 0.341. The van der Waals surface area contributed by atoms with Crippen LogP contribution in [0.4, 0.5) is 11.4 Å². The molecule has 1 N–H and O–H groups in total. The van der Waals surface area contributed by atoms with Crippen LogP contribution in [-0.4, -0.2) is 75.4 Å². The zero-order valence-electron chi connectivity index (χ0n) is 30.8. The maximum Gasteiger partial charge on any atom is 0.210 e. The number of nitrogens with one attached hydrogen (secondary N) is 1. The van der Waals surface area contributed by atoms with Crippen LogP contribution >= 0.6 is 11.8 Å². The molecule has 0 bridgehead atoms. The Labute approximate surface area is 297 Å². The number of hydrogen-bond acceptors (Lipinski definition) is 3. The fourth-order valence-electron chi connectivity index (χ4n) is 8.77. The SMILES string of the molecule is CNCCSC1=C(/C=C/C2=[N+](C)c3ccc4ccccc4c3C2(C)C)C[N+](C)(C)C/C1=C\C=C1\N(C)c2ccc3ccccc3c2C1(C)C. The Balaban J connectivity index is 1.31. The van der Waals surface area contributed by atoms with Crippen LogP contribution in [0.1, 0.15) is 38.8 Å². The fourth-order valence-corrected chi connectivity index (χ4v) is 9.92. The van der Waals surface area contributed by atoms with E-state index in [-0.39, 0.29) is 10.8 Å². The average molecular weight is 669 g/mol. The second kappa shape index (κ2) is 12.5. The smallest absolute Gasteiger partial charge is 0.210 e. The van der Waals surface area contributed by atoms with Gasteiger partial charge in [0.1, 0.15) is 20.1 Å². The van der Waals surface area contributed by atoms with Crippen molar-refractivity contribution in [3.05, 3.63) is 130 Å². The predicted octanol–water partition coefficient (Wildman–Crippen LogP) is 9.09. The van der Waals surface area contributed by atoms with Crippen LogP contribution in [0, 0.1) is 0 Å². The third kappa shape index (κ3) is 5.70. The lowest BCUT2D eigenvalue weighted by Crippen LogP contribution is -2.45. The zero-order valence-corrected chi connectivity index (χ0v) is 31.6. The summed E-state index contributed by atoms with van der Waals surface area (Å²) in [5.41, 5.74) is 10.8. The average Bonchev–Trinajstić information content (AvgIpc) is 3.39. The molecule has 4 aromatic carbocycles. The Morgan fingerprint density at radius 1 is 0.816 bits per heavy atom. The van der Waals surface area contributed by atoms with E-state index in [2.05, 4.69) is 168 Å². The van der Waals surface area contributed by atoms with Gasteiger partial charge in [-0.15, -0.1) is 11.8 Å². The number of rotatable bonds is 7. The Hall–Kier alpha value is -3.90. The number of allylic oxidation sites excluding steroid dienone is 4. The standard InChI is InChI=1S/C44H52N4S/c1-43(2)38(46(6)36-22-18-30-14-10-12-16-34(30)40(36)43)24-20-32-28-48(8,9)29-33(42(32)49-27-26-45-5)21-25-39-44(3,4)41-35-17-13-11-15-31(35)19-23-37(41)47(39)7/h10-25,45H,26-29H2,1-9H3/q+2. The molecule has 0 saturated heterocycles. The summed E-state index contributed by atoms with van der Waals surface area (Å²) < 4.78 is 3.34. The molecule has 0 radical (unpaired) electrons. The molecular weight excluding hydrogens is 617 g/mol. The monoisotopic (exact) mass is 668 g/mol. The molecule has 3 heterocycles. The van der Waals surface area contributed by atoms with E-state index in [1.165, 1.54) is 71.5 Å². The lowest BCUT2D eigenvalue weighted by atomic mass is 9.79. The second-order valence-electron chi connectivity index (χ2n) is 15.8. The number of thioether (sulfide) groups is 1. The van der Waals surface area contributed by atoms with Crippen molar-refractivity contribution in [1.29, 1.82) is 0 Å². The van der Waals surface area contributed by atoms with E-state index < -0.39 is 0 Å². The van der Waals surface area contributed by atoms with Gasteiger partial charge in [-0.2, -0.15) is 4.58 Å². The largest absolute Gasteiger partial charge is 0.347 e. The Kier molecular flexibility index (Phi) is 8.54. The molecule has 7 rings (SSSR count). The molecule has 0 atom stereocenters. The summed E-state index contributed by atoms with van der Waals surface area (Å²) in [6.45, 7) is 12.5. The van der Waals surface area contributed by atoms with Crippen molar-refractivity contribution in [3.63, 3.8) is 0 Å². The quantitative estimate of drug-likeness (QED) is 0.120. The summed E-state index contributed by atoms with van der Waals surface area (Å²) in [6, 6.07) is 26.8. The van der Waals surface area contributed by atoms with Gasteiger partial charge in [-0.1, -0.05) is 74.5 Å². The van der Waals surface area contributed by atoms with Gasteiger partial charge in [0.25, 0.3) is 0 Å². The highest BCUT2D eigenvalue weighted by molar-refractivity contribution is 8.03. The van der Waals surface area contributed by atoms with Crippen molar-refractivity contribution in [2.24, 2.45) is 0 Å². The summed E-state index contributed by atoms with van der Waals surface area (Å²) in [4.78, 5) is 3.85. The summed E-state index contributed by atoms with van der Waals surface area (Å²) in [6.07, 6.45) is 9.72. The minimum Gasteiger partial charge on any atom is -0.347 e. The number of anilines is 1. The lowest BCUT2D eigenvalue weighted by molar-refractivity contribution is -0.881. The van der Waals surface area contributed by atoms with Gasteiger partial charge in [0, 0.05) is 69.9 Å². The summed E-state index contributed by atoms with van der Waals surface area (Å²) in [5, 5.41) is 8.70. The maximum absolute atomic E-state index is 3.38. The number of quaternary nitrogens is 1. The van der Waals surface area contributed by atoms with Crippen molar-refractivity contribution in [2.45, 2.75) is 38.5 Å². The molecule has 0 amide bonds. The van der Waals surface area contributed by atoms with Gasteiger partial charge in [-0.05, 0) is 72.3 Å². The minimum absolute atomic E-state index is 0.110. The van der Waals surface area contributed by atoms with Gasteiger partial charge in [-0.25, -0.2) is 0 Å². The molecule has 49 heavy (non-hydrogen) atoms. The number of hydrogen-bond donors (Lipinski definition) is 1. The highest BCUT2D eigenvalue weighted by Gasteiger charge is 2.44. The van der Waals surface area contributed by atoms with Crippen LogP contribution in [0.3, 0.4) is 0 Å². The van der Waals surface area contributed by atoms with Crippen molar-refractivity contribution in [2.75, 3.05) is 65.5 Å². The molecule has 0 aliphatic carbocycles. The van der Waals surface area contributed by atoms with E-state index in [9.17, 15) is 0 Å². The van der Waals surface area contributed by atoms with Gasteiger partial charge >= 0.3 is 0 Å². The molecule has 5 heteroatoms. The van der Waals surface area contributed by atoms with E-state index in [1.807, 2.05) is 18.8 Å². The highest BCUT2D eigenvalue weighted by atomic mass is 32.2. The van der Waals surface area contributed by atoms with Crippen LogP contribution in [0.15, 0.2) is 119 Å². The number of likely N-dealkylation sites (N-methyl/N-ethyl adjacent to an activating group) is 2. The zero-order chi connectivity index (χ0) is 34.7. The first-order chi connectivity index (χ1) is 23.3. The van der Waals surface area contributed by atoms with Gasteiger partial charge in [0.2, 0.25) is 5.69 Å². The molecule has 0 saturated carbocycles. The molecule has 3 aliphatic heterocycles. The molecule has 0 fully saturated rings. The van der Waals surface area contributed by atoms with E-state index >= 15 is 0 Å². The van der Waals surface area contributed by atoms with Gasteiger partial charge in [0.05, 0.1) is 19.5 Å². The third-order valence-corrected chi connectivity index (χ3v) is 12.3. The molecule has 4 aromatic rings. The van der Waals surface area contributed by atoms with Crippen LogP contribution in [-0.2, 0) is 10.8 Å². The topological polar surface area (TPSA) is 18.3 Å². The number of nitrogens with zero attached hydrogens (tertiary/aromatic N) is 3. The maximum atomic E-state index is 3.38. The number of fused-ring (bicyclic) bond motifs is 6. The van der Waals surface area contributed by atoms with Crippen molar-refractivity contribution in [1.82, 2.24) is 5.32 Å². The molecule has 3 aliphatic rings. The number of benzene rings is 4. The third-order valence-electron chi connectivity index (χ3n) is 11.1. The van der Waals surface area contributed by atoms with Crippen molar-refractivity contribution in [3.8, 4) is 0 Å². The Morgan fingerprint density at radius 2 is 1.47 bits per heavy atom. The summed E-state index contributed by atoms with van der Waals surface area (Å²) >= 11 is 2.01. The molecule has 0 spiro atoms. The van der Waals surface area contributed by atoms with Gasteiger partial charge < -0.3 is 14.7 Å². The molecule has 4 nitrogen and oxygen atoms in total. The van der Waals surface area contributed by atoms with Gasteiger partial charge in [-0.3, -0.25) is 0 Å². The minimum atomic E-state index is -0.110. The molecular formula is C44H52N4S+2. The van der Waals surface area contributed by atoms with E-state index in [0.717, 1.165) is 29.9 Å². The second-order valence-corrected chi connectivity index (χ2v) is 16.9. The van der Waals surface area contributed by atoms with E-state index in [1.54, 1.807) is 0 Å². The summed E-state index contributed by atoms with van der Waals surface area (Å²) in [7, 11) is 11.3. The van der Waals surface area contributed by atoms with Gasteiger partial charge in [0.15, 0.2) is 5.71 Å². The van der Waals surface area contributed by atoms with Crippen LogP contribution in [0.2, 0.25) is 0 Å². The highest BCUT2D eigenvalue weighted by Crippen LogP contribution is 2.50. The lowest BCUT2D eigenvalue weighted by Gasteiger charge is -2.37. The van der Waals surface area contributed by atoms with E-state index in [0.29, 0.717) is 0 Å². The van der Waals surface area contributed by atoms with Crippen molar-refractivity contribution < 1.29 is 9.06 Å². The van der Waals surface area contributed by atoms with E-state index in [4.69, 9.17) is 0 Å².